The van der Waals surface area contributed by atoms with Crippen LogP contribution in [0.4, 0.5) is 14.5 Å². The Balaban J connectivity index is 1.50. The van der Waals surface area contributed by atoms with Crippen molar-refractivity contribution >= 4 is 38.9 Å². The third-order valence-electron chi connectivity index (χ3n) is 8.19. The lowest BCUT2D eigenvalue weighted by molar-refractivity contribution is -0.129. The molecule has 2 aliphatic rings. The molecule has 0 bridgehead atoms. The van der Waals surface area contributed by atoms with Crippen molar-refractivity contribution in [1.29, 1.82) is 0 Å². The molecule has 0 radical (unpaired) electrons. The van der Waals surface area contributed by atoms with Gasteiger partial charge in [-0.05, 0) is 42.1 Å². The number of thiophene rings is 1. The molecule has 0 aliphatic carbocycles. The van der Waals surface area contributed by atoms with Crippen molar-refractivity contribution in [2.75, 3.05) is 25.1 Å². The number of carbonyl (C=O) groups excluding carboxylic acids is 2. The molecule has 0 saturated carbocycles. The summed E-state index contributed by atoms with van der Waals surface area (Å²) in [5, 5.41) is 19.8. The maximum Gasteiger partial charge on any atom is 0.246 e. The van der Waals surface area contributed by atoms with E-state index in [1.807, 2.05) is 47.3 Å². The summed E-state index contributed by atoms with van der Waals surface area (Å²) in [4.78, 5) is 31.4. The highest BCUT2D eigenvalue weighted by Crippen LogP contribution is 2.47. The number of anilines is 1. The number of pyridine rings is 1. The standard InChI is InChI=1S/C33H27F2N5O4S/c1-3-28(43)39-7-8-40-25(17(39)2)16-24(38-40)32-30(29-22(35)14-20(34)15-26(29)44-10-9-41)33-21(6-11-45-33)31(37-32)19-5-4-18-13-27(42)36-23(18)12-19/h3-6,11-12,14-17,41H,1,7-10,13H2,2H3,(H,36,42)/t17-/m1/s1. The number of aliphatic hydroxyl groups is 1. The smallest absolute Gasteiger partial charge is 0.246 e. The Morgan fingerprint density at radius 1 is 1.18 bits per heavy atom. The number of hydrogen-bond acceptors (Lipinski definition) is 7. The average molecular weight is 628 g/mol. The zero-order valence-corrected chi connectivity index (χ0v) is 25.0. The van der Waals surface area contributed by atoms with Crippen LogP contribution >= 0.6 is 11.3 Å². The van der Waals surface area contributed by atoms with Gasteiger partial charge in [-0.15, -0.1) is 11.3 Å². The summed E-state index contributed by atoms with van der Waals surface area (Å²) < 4.78 is 38.6. The first-order valence-corrected chi connectivity index (χ1v) is 15.2. The van der Waals surface area contributed by atoms with Gasteiger partial charge in [0.15, 0.2) is 0 Å². The fourth-order valence-electron chi connectivity index (χ4n) is 6.12. The van der Waals surface area contributed by atoms with E-state index < -0.39 is 11.6 Å². The Hall–Kier alpha value is -4.94. The second-order valence-electron chi connectivity index (χ2n) is 10.9. The number of aliphatic hydroxyl groups excluding tert-OH is 1. The number of amides is 2. The average Bonchev–Trinajstić information content (AvgIpc) is 3.77. The predicted octanol–water partition coefficient (Wildman–Crippen LogP) is 5.73. The normalized spacial score (nSPS) is 15.6. The molecule has 2 aromatic carbocycles. The maximum absolute atomic E-state index is 15.9. The molecule has 3 aromatic heterocycles. The minimum absolute atomic E-state index is 0.00458. The van der Waals surface area contributed by atoms with Crippen molar-refractivity contribution in [2.24, 2.45) is 0 Å². The van der Waals surface area contributed by atoms with E-state index in [4.69, 9.17) is 14.8 Å². The first-order valence-electron chi connectivity index (χ1n) is 14.4. The van der Waals surface area contributed by atoms with Gasteiger partial charge in [-0.2, -0.15) is 5.10 Å². The monoisotopic (exact) mass is 627 g/mol. The van der Waals surface area contributed by atoms with Gasteiger partial charge in [0.2, 0.25) is 11.8 Å². The van der Waals surface area contributed by atoms with Crippen LogP contribution in [0, 0.1) is 11.6 Å². The van der Waals surface area contributed by atoms with E-state index in [0.717, 1.165) is 34.3 Å². The number of benzene rings is 2. The number of hydrogen-bond donors (Lipinski definition) is 2. The van der Waals surface area contributed by atoms with Gasteiger partial charge < -0.3 is 20.1 Å². The van der Waals surface area contributed by atoms with Crippen molar-refractivity contribution < 1.29 is 28.2 Å². The highest BCUT2D eigenvalue weighted by Gasteiger charge is 2.31. The van der Waals surface area contributed by atoms with Crippen LogP contribution < -0.4 is 10.1 Å². The van der Waals surface area contributed by atoms with Crippen molar-refractivity contribution in [2.45, 2.75) is 25.9 Å². The molecule has 0 unspecified atom stereocenters. The Morgan fingerprint density at radius 3 is 2.82 bits per heavy atom. The van der Waals surface area contributed by atoms with E-state index in [2.05, 4.69) is 11.9 Å². The number of nitrogens with one attached hydrogen (secondary N) is 1. The fraction of sp³-hybridized carbons (Fsp3) is 0.212. The van der Waals surface area contributed by atoms with Crippen LogP contribution in [0.1, 0.15) is 24.2 Å². The molecule has 5 aromatic rings. The van der Waals surface area contributed by atoms with Crippen molar-refractivity contribution in [3.8, 4) is 39.5 Å². The Bertz CT molecular complexity index is 2040. The number of fused-ring (bicyclic) bond motifs is 3. The molecule has 12 heteroatoms. The summed E-state index contributed by atoms with van der Waals surface area (Å²) in [5.74, 6) is -2.03. The molecule has 0 saturated heterocycles. The van der Waals surface area contributed by atoms with Gasteiger partial charge in [0.25, 0.3) is 0 Å². The molecule has 0 spiro atoms. The van der Waals surface area contributed by atoms with E-state index in [1.54, 1.807) is 4.90 Å². The molecule has 5 heterocycles. The first kappa shape index (κ1) is 28.8. The lowest BCUT2D eigenvalue weighted by atomic mass is 9.96. The van der Waals surface area contributed by atoms with Crippen molar-refractivity contribution in [3.05, 3.63) is 83.4 Å². The summed E-state index contributed by atoms with van der Waals surface area (Å²) >= 11 is 1.37. The van der Waals surface area contributed by atoms with E-state index in [9.17, 15) is 19.1 Å². The Morgan fingerprint density at radius 2 is 2.02 bits per heavy atom. The summed E-state index contributed by atoms with van der Waals surface area (Å²) in [6.45, 7) is 5.87. The zero-order chi connectivity index (χ0) is 31.4. The number of nitrogens with zero attached hydrogens (tertiary/aromatic N) is 4. The summed E-state index contributed by atoms with van der Waals surface area (Å²) in [6, 6.07) is 10.9. The molecule has 45 heavy (non-hydrogen) atoms. The fourth-order valence-corrected chi connectivity index (χ4v) is 7.07. The lowest BCUT2D eigenvalue weighted by Crippen LogP contribution is -2.40. The van der Waals surface area contributed by atoms with Crippen LogP contribution in [-0.2, 0) is 22.6 Å². The summed E-state index contributed by atoms with van der Waals surface area (Å²) in [5.41, 5.74) is 4.82. The maximum atomic E-state index is 15.9. The molecule has 9 nitrogen and oxygen atoms in total. The lowest BCUT2D eigenvalue weighted by Gasteiger charge is -2.33. The molecule has 0 fully saturated rings. The second-order valence-corrected chi connectivity index (χ2v) is 11.8. The van der Waals surface area contributed by atoms with Gasteiger partial charge >= 0.3 is 0 Å². The van der Waals surface area contributed by atoms with Crippen LogP contribution in [0.15, 0.2) is 60.5 Å². The van der Waals surface area contributed by atoms with Gasteiger partial charge in [0.05, 0.1) is 42.6 Å². The van der Waals surface area contributed by atoms with E-state index in [-0.39, 0.29) is 42.4 Å². The molecular weight excluding hydrogens is 600 g/mol. The van der Waals surface area contributed by atoms with Crippen LogP contribution in [0.5, 0.6) is 5.75 Å². The number of carbonyl (C=O) groups is 2. The molecular formula is C33H27F2N5O4S. The van der Waals surface area contributed by atoms with Crippen molar-refractivity contribution in [3.63, 3.8) is 0 Å². The van der Waals surface area contributed by atoms with Crippen LogP contribution in [-0.4, -0.2) is 56.3 Å². The minimum atomic E-state index is -0.853. The van der Waals surface area contributed by atoms with Gasteiger partial charge in [-0.3, -0.25) is 14.3 Å². The minimum Gasteiger partial charge on any atom is -0.490 e. The summed E-state index contributed by atoms with van der Waals surface area (Å²) in [6.07, 6.45) is 1.58. The largest absolute Gasteiger partial charge is 0.490 e. The molecule has 1 atom stereocenters. The zero-order valence-electron chi connectivity index (χ0n) is 24.1. The van der Waals surface area contributed by atoms with E-state index in [1.165, 1.54) is 17.4 Å². The SMILES string of the molecule is C=CC(=O)N1CCn2nc(-c3nc(-c4ccc5c(c4)NC(=O)C5)c4ccsc4c3-c3c(F)cc(F)cc3OCCO)cc2[C@H]1C. The molecule has 2 N–H and O–H groups in total. The van der Waals surface area contributed by atoms with Gasteiger partial charge in [0.1, 0.15) is 35.4 Å². The molecule has 2 aliphatic heterocycles. The number of ether oxygens (including phenoxy) is 1. The topological polar surface area (TPSA) is 110 Å². The van der Waals surface area contributed by atoms with E-state index in [0.29, 0.717) is 52.5 Å². The Kier molecular flexibility index (Phi) is 7.17. The van der Waals surface area contributed by atoms with E-state index >= 15 is 4.39 Å². The first-order chi connectivity index (χ1) is 21.8. The number of aromatic nitrogens is 3. The quantitative estimate of drug-likeness (QED) is 0.223. The number of rotatable bonds is 7. The second kappa shape index (κ2) is 11.2. The molecule has 2 amide bonds. The molecule has 7 rings (SSSR count). The van der Waals surface area contributed by atoms with Crippen LogP contribution in [0.25, 0.3) is 43.9 Å². The third kappa shape index (κ3) is 4.86. The van der Waals surface area contributed by atoms with Crippen molar-refractivity contribution in [1.82, 2.24) is 19.7 Å². The van der Waals surface area contributed by atoms with Gasteiger partial charge in [-0.25, -0.2) is 13.8 Å². The highest BCUT2D eigenvalue weighted by molar-refractivity contribution is 7.18. The third-order valence-corrected chi connectivity index (χ3v) is 9.13. The van der Waals surface area contributed by atoms with Gasteiger partial charge in [0, 0.05) is 45.6 Å². The van der Waals surface area contributed by atoms with Crippen LogP contribution in [0.2, 0.25) is 0 Å². The predicted molar refractivity (Wildman–Crippen MR) is 167 cm³/mol. The summed E-state index contributed by atoms with van der Waals surface area (Å²) in [7, 11) is 0. The Labute approximate surface area is 260 Å². The number of halogens is 2. The molecule has 228 valence electrons. The van der Waals surface area contributed by atoms with Crippen LogP contribution in [0.3, 0.4) is 0 Å². The highest BCUT2D eigenvalue weighted by atomic mass is 32.1. The van der Waals surface area contributed by atoms with Gasteiger partial charge in [-0.1, -0.05) is 18.7 Å².